The number of piperidine rings is 1. The lowest BCUT2D eigenvalue weighted by Crippen LogP contribution is -2.36. The summed E-state index contributed by atoms with van der Waals surface area (Å²) >= 11 is 0. The molecule has 0 radical (unpaired) electrons. The Bertz CT molecular complexity index is 516. The maximum atomic E-state index is 12.0. The van der Waals surface area contributed by atoms with Crippen LogP contribution < -0.4 is 10.1 Å². The fourth-order valence-electron chi connectivity index (χ4n) is 3.32. The molecule has 1 unspecified atom stereocenters. The van der Waals surface area contributed by atoms with Gasteiger partial charge in [0.05, 0.1) is 13.5 Å². The van der Waals surface area contributed by atoms with Crippen LogP contribution >= 0.6 is 0 Å². The second-order valence-corrected chi connectivity index (χ2v) is 6.73. The Labute approximate surface area is 140 Å². The van der Waals surface area contributed by atoms with Crippen molar-refractivity contribution in [2.75, 3.05) is 33.3 Å². The maximum Gasteiger partial charge on any atom is 0.224 e. The van der Waals surface area contributed by atoms with E-state index in [2.05, 4.69) is 17.1 Å². The summed E-state index contributed by atoms with van der Waals surface area (Å²) in [7, 11) is 1.66. The summed E-state index contributed by atoms with van der Waals surface area (Å²) in [6.07, 6.45) is 4.13. The number of carbonyl (C=O) groups excluding carboxylic acids is 1. The standard InChI is InChI=1S/C19H30N2O2/c1-15-6-4-10-21(14-15)11-5-9-20-19(22)13-17-7-8-18(23-3)16(2)12-17/h7-8,12,15H,4-6,9-11,13-14H2,1-3H3,(H,20,22). The number of aryl methyl sites for hydroxylation is 1. The van der Waals surface area contributed by atoms with E-state index in [0.717, 1.165) is 42.3 Å². The van der Waals surface area contributed by atoms with Gasteiger partial charge in [-0.05, 0) is 62.4 Å². The Balaban J connectivity index is 1.66. The number of likely N-dealkylation sites (tertiary alicyclic amines) is 1. The van der Waals surface area contributed by atoms with Gasteiger partial charge in [0, 0.05) is 13.1 Å². The molecule has 0 aliphatic carbocycles. The number of nitrogens with zero attached hydrogens (tertiary/aromatic N) is 1. The van der Waals surface area contributed by atoms with Gasteiger partial charge in [0.25, 0.3) is 0 Å². The molecule has 128 valence electrons. The van der Waals surface area contributed by atoms with Gasteiger partial charge in [-0.2, -0.15) is 0 Å². The topological polar surface area (TPSA) is 41.6 Å². The lowest BCUT2D eigenvalue weighted by molar-refractivity contribution is -0.120. The van der Waals surface area contributed by atoms with Crippen LogP contribution in [0, 0.1) is 12.8 Å². The summed E-state index contributed by atoms with van der Waals surface area (Å²) in [6.45, 7) is 8.60. The number of methoxy groups -OCH3 is 1. The minimum absolute atomic E-state index is 0.0987. The van der Waals surface area contributed by atoms with E-state index < -0.39 is 0 Å². The molecule has 23 heavy (non-hydrogen) atoms. The van der Waals surface area contributed by atoms with E-state index in [1.165, 1.54) is 25.9 Å². The summed E-state index contributed by atoms with van der Waals surface area (Å²) in [5.41, 5.74) is 2.10. The lowest BCUT2D eigenvalue weighted by Gasteiger charge is -2.30. The van der Waals surface area contributed by atoms with Crippen LogP contribution in [0.25, 0.3) is 0 Å². The lowest BCUT2D eigenvalue weighted by atomic mass is 10.0. The summed E-state index contributed by atoms with van der Waals surface area (Å²) in [4.78, 5) is 14.5. The fraction of sp³-hybridized carbons (Fsp3) is 0.632. The number of rotatable bonds is 7. The third-order valence-electron chi connectivity index (χ3n) is 4.54. The van der Waals surface area contributed by atoms with Crippen LogP contribution in [-0.4, -0.2) is 44.1 Å². The van der Waals surface area contributed by atoms with Crippen molar-refractivity contribution in [3.63, 3.8) is 0 Å². The molecule has 0 bridgehead atoms. The number of benzene rings is 1. The van der Waals surface area contributed by atoms with E-state index in [9.17, 15) is 4.79 Å². The number of ether oxygens (including phenoxy) is 1. The molecule has 2 rings (SSSR count). The Hall–Kier alpha value is -1.55. The molecule has 1 aromatic carbocycles. The molecule has 0 saturated carbocycles. The maximum absolute atomic E-state index is 12.0. The minimum atomic E-state index is 0.0987. The highest BCUT2D eigenvalue weighted by Gasteiger charge is 2.15. The van der Waals surface area contributed by atoms with Gasteiger partial charge < -0.3 is 15.0 Å². The first-order chi connectivity index (χ1) is 11.1. The summed E-state index contributed by atoms with van der Waals surface area (Å²) in [5.74, 6) is 1.78. The number of hydrogen-bond acceptors (Lipinski definition) is 3. The average Bonchev–Trinajstić information content (AvgIpc) is 2.52. The third kappa shape index (κ3) is 5.87. The first-order valence-corrected chi connectivity index (χ1v) is 8.71. The zero-order valence-corrected chi connectivity index (χ0v) is 14.7. The van der Waals surface area contributed by atoms with Crippen molar-refractivity contribution in [3.05, 3.63) is 29.3 Å². The predicted molar refractivity (Wildman–Crippen MR) is 93.9 cm³/mol. The van der Waals surface area contributed by atoms with Gasteiger partial charge in [0.2, 0.25) is 5.91 Å². The van der Waals surface area contributed by atoms with Gasteiger partial charge in [0.1, 0.15) is 5.75 Å². The normalized spacial score (nSPS) is 18.7. The van der Waals surface area contributed by atoms with Gasteiger partial charge >= 0.3 is 0 Å². The van der Waals surface area contributed by atoms with Crippen molar-refractivity contribution in [1.82, 2.24) is 10.2 Å². The van der Waals surface area contributed by atoms with Gasteiger partial charge in [-0.15, -0.1) is 0 Å². The van der Waals surface area contributed by atoms with Crippen molar-refractivity contribution in [1.29, 1.82) is 0 Å². The first kappa shape index (κ1) is 17.8. The van der Waals surface area contributed by atoms with Crippen molar-refractivity contribution in [3.8, 4) is 5.75 Å². The molecule has 0 spiro atoms. The number of nitrogens with one attached hydrogen (secondary N) is 1. The Morgan fingerprint density at radius 1 is 1.43 bits per heavy atom. The van der Waals surface area contributed by atoms with Crippen molar-refractivity contribution in [2.45, 2.75) is 39.5 Å². The van der Waals surface area contributed by atoms with Gasteiger partial charge in [0.15, 0.2) is 0 Å². The van der Waals surface area contributed by atoms with E-state index in [-0.39, 0.29) is 5.91 Å². The van der Waals surface area contributed by atoms with Crippen LogP contribution in [-0.2, 0) is 11.2 Å². The molecule has 1 aliphatic heterocycles. The van der Waals surface area contributed by atoms with Gasteiger partial charge in [-0.1, -0.05) is 19.1 Å². The molecule has 1 fully saturated rings. The summed E-state index contributed by atoms with van der Waals surface area (Å²) in [5, 5.41) is 3.03. The molecule has 1 heterocycles. The highest BCUT2D eigenvalue weighted by atomic mass is 16.5. The average molecular weight is 318 g/mol. The molecule has 1 N–H and O–H groups in total. The van der Waals surface area contributed by atoms with Gasteiger partial charge in [-0.3, -0.25) is 4.79 Å². The molecule has 1 atom stereocenters. The number of carbonyl (C=O) groups is 1. The SMILES string of the molecule is COc1ccc(CC(=O)NCCCN2CCCC(C)C2)cc1C. The molecule has 4 heteroatoms. The Morgan fingerprint density at radius 3 is 2.96 bits per heavy atom. The van der Waals surface area contributed by atoms with Crippen molar-refractivity contribution >= 4 is 5.91 Å². The number of amides is 1. The largest absolute Gasteiger partial charge is 0.496 e. The Morgan fingerprint density at radius 2 is 2.26 bits per heavy atom. The quantitative estimate of drug-likeness (QED) is 0.786. The molecular weight excluding hydrogens is 288 g/mol. The highest BCUT2D eigenvalue weighted by molar-refractivity contribution is 5.78. The molecular formula is C19H30N2O2. The van der Waals surface area contributed by atoms with E-state index in [0.29, 0.717) is 6.42 Å². The molecule has 1 aliphatic rings. The molecule has 1 aromatic rings. The highest BCUT2D eigenvalue weighted by Crippen LogP contribution is 2.18. The van der Waals surface area contributed by atoms with E-state index >= 15 is 0 Å². The van der Waals surface area contributed by atoms with E-state index in [1.54, 1.807) is 7.11 Å². The van der Waals surface area contributed by atoms with Crippen LogP contribution in [0.15, 0.2) is 18.2 Å². The van der Waals surface area contributed by atoms with Crippen LogP contribution in [0.5, 0.6) is 5.75 Å². The van der Waals surface area contributed by atoms with Crippen LogP contribution in [0.3, 0.4) is 0 Å². The first-order valence-electron chi connectivity index (χ1n) is 8.71. The fourth-order valence-corrected chi connectivity index (χ4v) is 3.32. The van der Waals surface area contributed by atoms with E-state index in [1.807, 2.05) is 25.1 Å². The minimum Gasteiger partial charge on any atom is -0.496 e. The van der Waals surface area contributed by atoms with Crippen LogP contribution in [0.1, 0.15) is 37.3 Å². The third-order valence-corrected chi connectivity index (χ3v) is 4.54. The summed E-state index contributed by atoms with van der Waals surface area (Å²) < 4.78 is 5.24. The second-order valence-electron chi connectivity index (χ2n) is 6.73. The van der Waals surface area contributed by atoms with Gasteiger partial charge in [-0.25, -0.2) is 0 Å². The second kappa shape index (κ2) is 8.92. The van der Waals surface area contributed by atoms with Crippen molar-refractivity contribution < 1.29 is 9.53 Å². The monoisotopic (exact) mass is 318 g/mol. The smallest absolute Gasteiger partial charge is 0.224 e. The van der Waals surface area contributed by atoms with Crippen molar-refractivity contribution in [2.24, 2.45) is 5.92 Å². The predicted octanol–water partition coefficient (Wildman–Crippen LogP) is 2.78. The Kier molecular flexibility index (Phi) is 6.90. The molecule has 0 aromatic heterocycles. The van der Waals surface area contributed by atoms with Crippen LogP contribution in [0.2, 0.25) is 0 Å². The molecule has 4 nitrogen and oxygen atoms in total. The number of hydrogen-bond donors (Lipinski definition) is 1. The zero-order chi connectivity index (χ0) is 16.7. The molecule has 1 saturated heterocycles. The van der Waals surface area contributed by atoms with Crippen LogP contribution in [0.4, 0.5) is 0 Å². The summed E-state index contributed by atoms with van der Waals surface area (Å²) in [6, 6.07) is 5.91. The van der Waals surface area contributed by atoms with E-state index in [4.69, 9.17) is 4.74 Å². The zero-order valence-electron chi connectivity index (χ0n) is 14.7. The molecule has 1 amide bonds.